The van der Waals surface area contributed by atoms with Crippen molar-refractivity contribution in [2.45, 2.75) is 25.5 Å². The molecule has 0 fully saturated rings. The van der Waals surface area contributed by atoms with Gasteiger partial charge in [0.15, 0.2) is 0 Å². The Labute approximate surface area is 94.4 Å². The van der Waals surface area contributed by atoms with Gasteiger partial charge in [0, 0.05) is 24.7 Å². The number of hydrogen-bond donors (Lipinski definition) is 1. The molecule has 16 heavy (non-hydrogen) atoms. The van der Waals surface area contributed by atoms with Crippen LogP contribution in [0.4, 0.5) is 0 Å². The number of aryl methyl sites for hydroxylation is 1. The molecule has 0 saturated carbocycles. The molecule has 0 bridgehead atoms. The highest BCUT2D eigenvalue weighted by molar-refractivity contribution is 5.58. The van der Waals surface area contributed by atoms with Crippen LogP contribution >= 0.6 is 0 Å². The van der Waals surface area contributed by atoms with Gasteiger partial charge in [-0.3, -0.25) is 0 Å². The van der Waals surface area contributed by atoms with E-state index >= 15 is 0 Å². The molecule has 0 aliphatic carbocycles. The molecular formula is C13H14N2O. The summed E-state index contributed by atoms with van der Waals surface area (Å²) in [6.07, 6.45) is 3.36. The van der Waals surface area contributed by atoms with Gasteiger partial charge in [-0.25, -0.2) is 4.98 Å². The molecule has 0 saturated heterocycles. The first kappa shape index (κ1) is 9.60. The molecule has 0 radical (unpaired) electrons. The number of imidazole rings is 1. The van der Waals surface area contributed by atoms with Crippen LogP contribution in [-0.2, 0) is 13.0 Å². The van der Waals surface area contributed by atoms with Gasteiger partial charge < -0.3 is 9.67 Å². The number of fused-ring (bicyclic) bond motifs is 1. The first-order valence-corrected chi connectivity index (χ1v) is 5.62. The summed E-state index contributed by atoms with van der Waals surface area (Å²) in [7, 11) is 0. The van der Waals surface area contributed by atoms with Gasteiger partial charge in [0.1, 0.15) is 5.82 Å². The molecule has 2 heterocycles. The Hall–Kier alpha value is -1.61. The average molecular weight is 214 g/mol. The second-order valence-corrected chi connectivity index (χ2v) is 4.25. The van der Waals surface area contributed by atoms with E-state index in [1.165, 1.54) is 0 Å². The average Bonchev–Trinajstić information content (AvgIpc) is 2.73. The molecule has 1 N–H and O–H groups in total. The minimum absolute atomic E-state index is 0.224. The van der Waals surface area contributed by atoms with Crippen LogP contribution in [0.15, 0.2) is 36.5 Å². The van der Waals surface area contributed by atoms with Crippen LogP contribution in [0.2, 0.25) is 0 Å². The lowest BCUT2D eigenvalue weighted by molar-refractivity contribution is 0.141. The molecule has 1 aromatic heterocycles. The maximum atomic E-state index is 9.58. The Morgan fingerprint density at radius 3 is 2.88 bits per heavy atom. The van der Waals surface area contributed by atoms with E-state index in [4.69, 9.17) is 0 Å². The third-order valence-electron chi connectivity index (χ3n) is 3.05. The van der Waals surface area contributed by atoms with Crippen molar-refractivity contribution in [3.8, 4) is 11.3 Å². The van der Waals surface area contributed by atoms with Crippen molar-refractivity contribution in [2.75, 3.05) is 0 Å². The fraction of sp³-hybridized carbons (Fsp3) is 0.308. The summed E-state index contributed by atoms with van der Waals surface area (Å²) in [5.74, 6) is 0.998. The van der Waals surface area contributed by atoms with Crippen molar-refractivity contribution >= 4 is 0 Å². The lowest BCUT2D eigenvalue weighted by Crippen LogP contribution is -2.22. The second-order valence-electron chi connectivity index (χ2n) is 4.25. The Morgan fingerprint density at radius 1 is 1.25 bits per heavy atom. The first-order valence-electron chi connectivity index (χ1n) is 5.62. The molecule has 2 aromatic rings. The molecule has 1 unspecified atom stereocenters. The number of nitrogens with zero attached hydrogens (tertiary/aromatic N) is 2. The highest BCUT2D eigenvalue weighted by Crippen LogP contribution is 2.22. The molecule has 0 spiro atoms. The Balaban J connectivity index is 1.99. The van der Waals surface area contributed by atoms with Gasteiger partial charge >= 0.3 is 0 Å². The van der Waals surface area contributed by atoms with E-state index in [1.54, 1.807) is 0 Å². The molecule has 3 nitrogen and oxygen atoms in total. The lowest BCUT2D eigenvalue weighted by atomic mass is 10.1. The van der Waals surface area contributed by atoms with Crippen molar-refractivity contribution in [2.24, 2.45) is 0 Å². The SMILES string of the molecule is OC1CCn2cc(-c3ccccc3)nc2C1. The topological polar surface area (TPSA) is 38.0 Å². The zero-order chi connectivity index (χ0) is 11.0. The second kappa shape index (κ2) is 3.76. The summed E-state index contributed by atoms with van der Waals surface area (Å²) in [4.78, 5) is 4.57. The molecule has 1 aliphatic heterocycles. The third kappa shape index (κ3) is 1.63. The zero-order valence-electron chi connectivity index (χ0n) is 9.00. The fourth-order valence-electron chi connectivity index (χ4n) is 2.16. The van der Waals surface area contributed by atoms with Gasteiger partial charge in [-0.1, -0.05) is 30.3 Å². The highest BCUT2D eigenvalue weighted by Gasteiger charge is 2.18. The summed E-state index contributed by atoms with van der Waals surface area (Å²) in [5, 5.41) is 9.58. The van der Waals surface area contributed by atoms with E-state index in [2.05, 4.69) is 27.9 Å². The largest absolute Gasteiger partial charge is 0.393 e. The van der Waals surface area contributed by atoms with Crippen LogP contribution in [0.5, 0.6) is 0 Å². The molecule has 3 heteroatoms. The van der Waals surface area contributed by atoms with E-state index in [1.807, 2.05) is 18.2 Å². The lowest BCUT2D eigenvalue weighted by Gasteiger charge is -2.18. The Morgan fingerprint density at radius 2 is 2.06 bits per heavy atom. The first-order chi connectivity index (χ1) is 7.83. The number of aliphatic hydroxyl groups excluding tert-OH is 1. The van der Waals surface area contributed by atoms with E-state index in [0.29, 0.717) is 6.42 Å². The van der Waals surface area contributed by atoms with E-state index in [0.717, 1.165) is 30.0 Å². The summed E-state index contributed by atoms with van der Waals surface area (Å²) in [6.45, 7) is 0.871. The summed E-state index contributed by atoms with van der Waals surface area (Å²) in [5.41, 5.74) is 2.14. The molecule has 0 amide bonds. The molecule has 3 rings (SSSR count). The smallest absolute Gasteiger partial charge is 0.112 e. The molecular weight excluding hydrogens is 200 g/mol. The van der Waals surface area contributed by atoms with Crippen molar-refractivity contribution in [1.82, 2.24) is 9.55 Å². The number of hydrogen-bond acceptors (Lipinski definition) is 2. The normalized spacial score (nSPS) is 19.4. The van der Waals surface area contributed by atoms with Gasteiger partial charge in [-0.15, -0.1) is 0 Å². The van der Waals surface area contributed by atoms with Crippen LogP contribution in [0.1, 0.15) is 12.2 Å². The minimum Gasteiger partial charge on any atom is -0.393 e. The van der Waals surface area contributed by atoms with Crippen LogP contribution in [0.25, 0.3) is 11.3 Å². The van der Waals surface area contributed by atoms with Gasteiger partial charge in [0.2, 0.25) is 0 Å². The van der Waals surface area contributed by atoms with E-state index < -0.39 is 0 Å². The number of rotatable bonds is 1. The van der Waals surface area contributed by atoms with Crippen LogP contribution in [-0.4, -0.2) is 20.8 Å². The monoisotopic (exact) mass is 214 g/mol. The van der Waals surface area contributed by atoms with Gasteiger partial charge in [-0.2, -0.15) is 0 Å². The summed E-state index contributed by atoms with van der Waals surface area (Å²) >= 11 is 0. The van der Waals surface area contributed by atoms with Gasteiger partial charge in [-0.05, 0) is 6.42 Å². The number of aliphatic hydroxyl groups is 1. The maximum absolute atomic E-state index is 9.58. The summed E-state index contributed by atoms with van der Waals surface area (Å²) < 4.78 is 2.15. The molecule has 1 atom stereocenters. The Kier molecular flexibility index (Phi) is 2.26. The molecule has 82 valence electrons. The zero-order valence-corrected chi connectivity index (χ0v) is 9.00. The third-order valence-corrected chi connectivity index (χ3v) is 3.05. The van der Waals surface area contributed by atoms with Crippen molar-refractivity contribution < 1.29 is 5.11 Å². The van der Waals surface area contributed by atoms with E-state index in [9.17, 15) is 5.11 Å². The number of aromatic nitrogens is 2. The maximum Gasteiger partial charge on any atom is 0.112 e. The standard InChI is InChI=1S/C13H14N2O/c16-11-6-7-15-9-12(14-13(15)8-11)10-4-2-1-3-5-10/h1-5,9,11,16H,6-8H2. The number of benzene rings is 1. The quantitative estimate of drug-likeness (QED) is 0.786. The van der Waals surface area contributed by atoms with Crippen molar-refractivity contribution in [3.63, 3.8) is 0 Å². The van der Waals surface area contributed by atoms with Crippen LogP contribution < -0.4 is 0 Å². The molecule has 1 aromatic carbocycles. The van der Waals surface area contributed by atoms with Crippen LogP contribution in [0.3, 0.4) is 0 Å². The van der Waals surface area contributed by atoms with Crippen molar-refractivity contribution in [3.05, 3.63) is 42.4 Å². The van der Waals surface area contributed by atoms with Gasteiger partial charge in [0.05, 0.1) is 11.8 Å². The molecule has 1 aliphatic rings. The summed E-state index contributed by atoms with van der Waals surface area (Å²) in [6, 6.07) is 10.2. The predicted molar refractivity (Wildman–Crippen MR) is 62.0 cm³/mol. The predicted octanol–water partition coefficient (Wildman–Crippen LogP) is 1.86. The van der Waals surface area contributed by atoms with E-state index in [-0.39, 0.29) is 6.10 Å². The fourth-order valence-corrected chi connectivity index (χ4v) is 2.16. The van der Waals surface area contributed by atoms with Crippen molar-refractivity contribution in [1.29, 1.82) is 0 Å². The van der Waals surface area contributed by atoms with Crippen LogP contribution in [0, 0.1) is 0 Å². The highest BCUT2D eigenvalue weighted by atomic mass is 16.3. The van der Waals surface area contributed by atoms with Gasteiger partial charge in [0.25, 0.3) is 0 Å². The minimum atomic E-state index is -0.224. The Bertz CT molecular complexity index is 490.